The van der Waals surface area contributed by atoms with E-state index in [1.165, 1.54) is 11.8 Å². The second kappa shape index (κ2) is 19.2. The first kappa shape index (κ1) is 37.8. The third-order valence-electron chi connectivity index (χ3n) is 9.12. The second-order valence-electron chi connectivity index (χ2n) is 12.9. The highest BCUT2D eigenvalue weighted by Crippen LogP contribution is 2.40. The SMILES string of the molecule is O=C(CCCCCCC(=O)NCc1ccccc1-c1ccc(C2OC(CSc3nnnn3-c3ccccc3)CC(c3ccc(CO)cc3)O2)cc1)NO. The van der Waals surface area contributed by atoms with Crippen LogP contribution >= 0.6 is 11.8 Å². The Labute approximate surface area is 312 Å². The Morgan fingerprint density at radius 2 is 1.51 bits per heavy atom. The van der Waals surface area contributed by atoms with Gasteiger partial charge in [-0.15, -0.1) is 5.10 Å². The third kappa shape index (κ3) is 10.6. The molecule has 0 spiro atoms. The minimum atomic E-state index is -0.614. The van der Waals surface area contributed by atoms with Gasteiger partial charge in [-0.25, -0.2) is 5.48 Å². The van der Waals surface area contributed by atoms with Crippen molar-refractivity contribution >= 4 is 23.6 Å². The highest BCUT2D eigenvalue weighted by molar-refractivity contribution is 7.99. The summed E-state index contributed by atoms with van der Waals surface area (Å²) >= 11 is 1.53. The third-order valence-corrected chi connectivity index (χ3v) is 10.2. The molecule has 2 heterocycles. The van der Waals surface area contributed by atoms with Crippen LogP contribution in [0.5, 0.6) is 0 Å². The lowest BCUT2D eigenvalue weighted by Crippen LogP contribution is -2.31. The van der Waals surface area contributed by atoms with Crippen molar-refractivity contribution in [2.75, 3.05) is 5.75 Å². The number of aliphatic hydroxyl groups is 1. The number of thioether (sulfide) groups is 1. The predicted octanol–water partition coefficient (Wildman–Crippen LogP) is 6.62. The van der Waals surface area contributed by atoms with E-state index in [2.05, 4.69) is 39.0 Å². The summed E-state index contributed by atoms with van der Waals surface area (Å²) in [5.74, 6) is 0.208. The van der Waals surface area contributed by atoms with Crippen molar-refractivity contribution in [1.29, 1.82) is 0 Å². The van der Waals surface area contributed by atoms with Crippen LogP contribution in [-0.2, 0) is 32.2 Å². The molecule has 13 heteroatoms. The molecule has 276 valence electrons. The molecule has 0 aliphatic carbocycles. The Morgan fingerprint density at radius 1 is 0.811 bits per heavy atom. The van der Waals surface area contributed by atoms with E-state index < -0.39 is 6.29 Å². The van der Waals surface area contributed by atoms with Crippen LogP contribution in [-0.4, -0.2) is 54.2 Å². The van der Waals surface area contributed by atoms with Crippen LogP contribution in [0.1, 0.15) is 79.6 Å². The number of aliphatic hydroxyl groups excluding tert-OH is 1. The fourth-order valence-corrected chi connectivity index (χ4v) is 7.14. The number of ether oxygens (including phenoxy) is 2. The van der Waals surface area contributed by atoms with Crippen LogP contribution in [0, 0.1) is 0 Å². The zero-order chi connectivity index (χ0) is 36.8. The number of nitrogens with zero attached hydrogens (tertiary/aromatic N) is 4. The van der Waals surface area contributed by atoms with Crippen molar-refractivity contribution in [3.05, 3.63) is 125 Å². The predicted molar refractivity (Wildman–Crippen MR) is 200 cm³/mol. The fraction of sp³-hybridized carbons (Fsp3) is 0.325. The van der Waals surface area contributed by atoms with Gasteiger partial charge in [-0.2, -0.15) is 4.68 Å². The van der Waals surface area contributed by atoms with E-state index in [0.717, 1.165) is 58.3 Å². The minimum absolute atomic E-state index is 0.0142. The van der Waals surface area contributed by atoms with Gasteiger partial charge in [0.15, 0.2) is 6.29 Å². The minimum Gasteiger partial charge on any atom is -0.392 e. The molecule has 0 saturated carbocycles. The maximum atomic E-state index is 12.6. The molecule has 1 aliphatic rings. The first-order valence-corrected chi connectivity index (χ1v) is 18.8. The van der Waals surface area contributed by atoms with Gasteiger partial charge in [0, 0.05) is 37.1 Å². The van der Waals surface area contributed by atoms with Gasteiger partial charge in [0.25, 0.3) is 0 Å². The first-order chi connectivity index (χ1) is 26.0. The number of benzene rings is 4. The Hall–Kier alpha value is -4.92. The van der Waals surface area contributed by atoms with Crippen molar-refractivity contribution in [3.8, 4) is 16.8 Å². The standard InChI is InChI=1S/C40H44N6O6S/c47-26-28-16-18-30(19-17-28)36-24-34(27-53-40-42-44-45-46(40)33-11-4-3-5-12-33)51-39(52-36)31-22-20-29(21-23-31)35-13-9-8-10-32(35)25-41-37(48)14-6-1-2-7-15-38(49)43-50/h3-5,8-13,16-23,34,36,39,47,50H,1-2,6-7,14-15,24-27H2,(H,41,48)(H,43,49). The number of hydroxylamine groups is 1. The number of rotatable bonds is 17. The van der Waals surface area contributed by atoms with Crippen molar-refractivity contribution in [2.24, 2.45) is 0 Å². The fourth-order valence-electron chi connectivity index (χ4n) is 6.23. The molecule has 0 radical (unpaired) electrons. The quantitative estimate of drug-likeness (QED) is 0.0354. The molecular weight excluding hydrogens is 693 g/mol. The van der Waals surface area contributed by atoms with Crippen molar-refractivity contribution in [2.45, 2.75) is 81.8 Å². The number of carbonyl (C=O) groups is 2. The molecule has 0 bridgehead atoms. The lowest BCUT2D eigenvalue weighted by Gasteiger charge is -2.36. The number of carbonyl (C=O) groups excluding carboxylic acids is 2. The summed E-state index contributed by atoms with van der Waals surface area (Å²) in [6, 6.07) is 33.8. The van der Waals surface area contributed by atoms with Crippen LogP contribution in [0.4, 0.5) is 0 Å². The zero-order valence-electron chi connectivity index (χ0n) is 29.3. The molecule has 1 aliphatic heterocycles. The zero-order valence-corrected chi connectivity index (χ0v) is 30.2. The number of hydrogen-bond acceptors (Lipinski definition) is 10. The summed E-state index contributed by atoms with van der Waals surface area (Å²) in [5, 5.41) is 34.3. The van der Waals surface area contributed by atoms with Gasteiger partial charge < -0.3 is 19.9 Å². The van der Waals surface area contributed by atoms with E-state index in [1.54, 1.807) is 10.2 Å². The number of nitrogens with one attached hydrogen (secondary N) is 2. The first-order valence-electron chi connectivity index (χ1n) is 17.9. The Balaban J connectivity index is 1.10. The van der Waals surface area contributed by atoms with Crippen LogP contribution in [0.15, 0.2) is 108 Å². The smallest absolute Gasteiger partial charge is 0.243 e. The molecule has 12 nitrogen and oxygen atoms in total. The number of amides is 2. The normalized spacial score (nSPS) is 17.0. The van der Waals surface area contributed by atoms with Gasteiger partial charge in [-0.05, 0) is 63.2 Å². The number of aromatic nitrogens is 4. The summed E-state index contributed by atoms with van der Waals surface area (Å²) < 4.78 is 14.9. The topological polar surface area (TPSA) is 161 Å². The molecule has 3 unspecified atom stereocenters. The highest BCUT2D eigenvalue weighted by atomic mass is 32.2. The maximum Gasteiger partial charge on any atom is 0.243 e. The summed E-state index contributed by atoms with van der Waals surface area (Å²) in [4.78, 5) is 23.7. The lowest BCUT2D eigenvalue weighted by atomic mass is 9.97. The largest absolute Gasteiger partial charge is 0.392 e. The van der Waals surface area contributed by atoms with E-state index in [-0.39, 0.29) is 37.0 Å². The van der Waals surface area contributed by atoms with Crippen LogP contribution < -0.4 is 10.8 Å². The summed E-state index contributed by atoms with van der Waals surface area (Å²) in [6.07, 6.45) is 3.40. The average Bonchev–Trinajstić information content (AvgIpc) is 3.69. The van der Waals surface area contributed by atoms with E-state index in [0.29, 0.717) is 36.7 Å². The van der Waals surface area contributed by atoms with Gasteiger partial charge in [-0.3, -0.25) is 14.8 Å². The molecule has 5 aromatic rings. The second-order valence-corrected chi connectivity index (χ2v) is 13.9. The molecule has 1 aromatic heterocycles. The van der Waals surface area contributed by atoms with Gasteiger partial charge in [0.1, 0.15) is 0 Å². The van der Waals surface area contributed by atoms with Crippen molar-refractivity contribution in [3.63, 3.8) is 0 Å². The van der Waals surface area contributed by atoms with E-state index in [4.69, 9.17) is 14.7 Å². The monoisotopic (exact) mass is 736 g/mol. The number of unbranched alkanes of at least 4 members (excludes halogenated alkanes) is 3. The molecule has 2 amide bonds. The van der Waals surface area contributed by atoms with E-state index in [9.17, 15) is 14.7 Å². The average molecular weight is 737 g/mol. The summed E-state index contributed by atoms with van der Waals surface area (Å²) in [5.41, 5.74) is 8.31. The summed E-state index contributed by atoms with van der Waals surface area (Å²) in [6.45, 7) is 0.386. The van der Waals surface area contributed by atoms with E-state index in [1.807, 2.05) is 84.9 Å². The Bertz CT molecular complexity index is 1910. The van der Waals surface area contributed by atoms with Crippen LogP contribution in [0.3, 0.4) is 0 Å². The molecule has 4 aromatic carbocycles. The molecule has 3 atom stereocenters. The van der Waals surface area contributed by atoms with Gasteiger partial charge in [0.2, 0.25) is 17.0 Å². The molecule has 6 rings (SSSR count). The molecule has 4 N–H and O–H groups in total. The molecular formula is C40H44N6O6S. The number of hydrogen-bond donors (Lipinski definition) is 4. The molecule has 1 saturated heterocycles. The highest BCUT2D eigenvalue weighted by Gasteiger charge is 2.33. The van der Waals surface area contributed by atoms with Crippen LogP contribution in [0.25, 0.3) is 16.8 Å². The number of para-hydroxylation sites is 1. The Kier molecular flexibility index (Phi) is 13.7. The van der Waals surface area contributed by atoms with Crippen molar-refractivity contribution in [1.82, 2.24) is 31.0 Å². The van der Waals surface area contributed by atoms with Gasteiger partial charge in [0.05, 0.1) is 24.5 Å². The molecule has 53 heavy (non-hydrogen) atoms. The summed E-state index contributed by atoms with van der Waals surface area (Å²) in [7, 11) is 0. The number of tetrazole rings is 1. The van der Waals surface area contributed by atoms with Gasteiger partial charge in [-0.1, -0.05) is 116 Å². The molecule has 1 fully saturated rings. The Morgan fingerprint density at radius 3 is 2.25 bits per heavy atom. The van der Waals surface area contributed by atoms with Crippen molar-refractivity contribution < 1.29 is 29.4 Å². The van der Waals surface area contributed by atoms with Gasteiger partial charge >= 0.3 is 0 Å². The van der Waals surface area contributed by atoms with E-state index >= 15 is 0 Å². The lowest BCUT2D eigenvalue weighted by molar-refractivity contribution is -0.245. The maximum absolute atomic E-state index is 12.6. The van der Waals surface area contributed by atoms with Crippen LogP contribution in [0.2, 0.25) is 0 Å².